The van der Waals surface area contributed by atoms with Gasteiger partial charge in [-0.05, 0) is 50.4 Å². The average Bonchev–Trinajstić information content (AvgIpc) is 2.64. The second-order valence-corrected chi connectivity index (χ2v) is 6.48. The monoisotopic (exact) mass is 220 g/mol. The maximum Gasteiger partial charge on any atom is 0.136 e. The molecule has 0 amide bonds. The zero-order chi connectivity index (χ0) is 11.2. The summed E-state index contributed by atoms with van der Waals surface area (Å²) in [6, 6.07) is 0. The zero-order valence-electron chi connectivity index (χ0n) is 10.5. The number of hydrogen-bond acceptors (Lipinski definition) is 1. The minimum atomic E-state index is 0.137. The Morgan fingerprint density at radius 3 is 2.62 bits per heavy atom. The summed E-state index contributed by atoms with van der Waals surface area (Å²) in [5, 5.41) is 0. The highest BCUT2D eigenvalue weighted by molar-refractivity contribution is 5.83. The summed E-state index contributed by atoms with van der Waals surface area (Å²) in [5.41, 5.74) is 0.137. The van der Waals surface area contributed by atoms with E-state index in [0.717, 1.165) is 17.8 Å². The molecule has 16 heavy (non-hydrogen) atoms. The third-order valence-corrected chi connectivity index (χ3v) is 5.91. The van der Waals surface area contributed by atoms with Gasteiger partial charge in [0.1, 0.15) is 5.78 Å². The van der Waals surface area contributed by atoms with Crippen molar-refractivity contribution in [2.75, 3.05) is 0 Å². The van der Waals surface area contributed by atoms with Crippen LogP contribution in [0.5, 0.6) is 0 Å². The van der Waals surface area contributed by atoms with Gasteiger partial charge in [0, 0.05) is 5.41 Å². The molecule has 0 saturated heterocycles. The van der Waals surface area contributed by atoms with Crippen molar-refractivity contribution in [2.45, 2.75) is 64.7 Å². The molecular formula is C15H24O. The smallest absolute Gasteiger partial charge is 0.136 e. The van der Waals surface area contributed by atoms with Gasteiger partial charge in [0.05, 0.1) is 0 Å². The zero-order valence-corrected chi connectivity index (χ0v) is 10.5. The van der Waals surface area contributed by atoms with Gasteiger partial charge in [0.15, 0.2) is 0 Å². The normalized spacial score (nSPS) is 47.2. The molecule has 3 aliphatic rings. The Morgan fingerprint density at radius 1 is 1.06 bits per heavy atom. The molecule has 0 bridgehead atoms. The molecule has 4 atom stereocenters. The lowest BCUT2D eigenvalue weighted by Gasteiger charge is -2.39. The fraction of sp³-hybridized carbons (Fsp3) is 0.933. The highest BCUT2D eigenvalue weighted by atomic mass is 16.1. The first-order chi connectivity index (χ1) is 7.74. The van der Waals surface area contributed by atoms with E-state index in [1.54, 1.807) is 0 Å². The molecule has 0 spiro atoms. The van der Waals surface area contributed by atoms with Crippen LogP contribution in [0.3, 0.4) is 0 Å². The summed E-state index contributed by atoms with van der Waals surface area (Å²) in [7, 11) is 0. The number of Topliss-reactive ketones (excluding diaryl/α,β-unsaturated/α-hetero) is 1. The topological polar surface area (TPSA) is 17.1 Å². The first kappa shape index (κ1) is 10.8. The molecule has 0 radical (unpaired) electrons. The van der Waals surface area contributed by atoms with Gasteiger partial charge in [-0.15, -0.1) is 0 Å². The van der Waals surface area contributed by atoms with Crippen LogP contribution >= 0.6 is 0 Å². The van der Waals surface area contributed by atoms with Crippen LogP contribution in [0.25, 0.3) is 0 Å². The van der Waals surface area contributed by atoms with Gasteiger partial charge in [0.2, 0.25) is 0 Å². The molecule has 0 aromatic carbocycles. The predicted octanol–water partition coefficient (Wildman–Crippen LogP) is 3.96. The molecule has 1 nitrogen and oxygen atoms in total. The molecule has 3 fully saturated rings. The summed E-state index contributed by atoms with van der Waals surface area (Å²) in [5.74, 6) is 3.11. The highest BCUT2D eigenvalue weighted by Gasteiger charge is 2.56. The summed E-state index contributed by atoms with van der Waals surface area (Å²) >= 11 is 0. The molecule has 0 N–H and O–H groups in total. The largest absolute Gasteiger partial charge is 0.299 e. The van der Waals surface area contributed by atoms with E-state index in [9.17, 15) is 4.79 Å². The summed E-state index contributed by atoms with van der Waals surface area (Å²) in [4.78, 5) is 12.1. The maximum atomic E-state index is 12.1. The molecule has 0 aliphatic heterocycles. The van der Waals surface area contributed by atoms with Crippen molar-refractivity contribution in [2.24, 2.45) is 23.2 Å². The van der Waals surface area contributed by atoms with E-state index in [1.165, 1.54) is 57.8 Å². The number of rotatable bonds is 1. The third kappa shape index (κ3) is 1.39. The molecule has 3 saturated carbocycles. The van der Waals surface area contributed by atoms with E-state index in [0.29, 0.717) is 5.78 Å². The first-order valence-electron chi connectivity index (χ1n) is 7.25. The molecule has 3 aliphatic carbocycles. The Bertz CT molecular complexity index is 296. The van der Waals surface area contributed by atoms with Crippen LogP contribution in [0.4, 0.5) is 0 Å². The standard InChI is InChI=1S/C15H24O/c1-11(16)15-9-5-4-8-14(15)13-7-3-2-6-12(13)10-15/h12-14H,2-10H2,1H3. The Morgan fingerprint density at radius 2 is 1.81 bits per heavy atom. The minimum Gasteiger partial charge on any atom is -0.299 e. The van der Waals surface area contributed by atoms with E-state index in [1.807, 2.05) is 6.92 Å². The van der Waals surface area contributed by atoms with E-state index in [-0.39, 0.29) is 5.41 Å². The van der Waals surface area contributed by atoms with E-state index in [4.69, 9.17) is 0 Å². The van der Waals surface area contributed by atoms with Gasteiger partial charge < -0.3 is 0 Å². The fourth-order valence-corrected chi connectivity index (χ4v) is 5.21. The molecule has 0 aromatic heterocycles. The van der Waals surface area contributed by atoms with Gasteiger partial charge >= 0.3 is 0 Å². The highest BCUT2D eigenvalue weighted by Crippen LogP contribution is 2.61. The number of hydrogen-bond donors (Lipinski definition) is 0. The van der Waals surface area contributed by atoms with Crippen molar-refractivity contribution < 1.29 is 4.79 Å². The van der Waals surface area contributed by atoms with Gasteiger partial charge in [-0.25, -0.2) is 0 Å². The predicted molar refractivity (Wildman–Crippen MR) is 65.1 cm³/mol. The molecule has 3 rings (SSSR count). The number of carbonyl (C=O) groups is 1. The molecule has 0 aromatic rings. The van der Waals surface area contributed by atoms with Crippen LogP contribution in [-0.4, -0.2) is 5.78 Å². The van der Waals surface area contributed by atoms with Crippen LogP contribution in [0.1, 0.15) is 64.7 Å². The van der Waals surface area contributed by atoms with Gasteiger partial charge in [-0.3, -0.25) is 4.79 Å². The molecule has 1 heteroatoms. The van der Waals surface area contributed by atoms with E-state index < -0.39 is 0 Å². The van der Waals surface area contributed by atoms with Crippen molar-refractivity contribution in [3.63, 3.8) is 0 Å². The minimum absolute atomic E-state index is 0.137. The number of ketones is 1. The van der Waals surface area contributed by atoms with Crippen LogP contribution in [0.2, 0.25) is 0 Å². The van der Waals surface area contributed by atoms with Gasteiger partial charge in [-0.1, -0.05) is 32.1 Å². The maximum absolute atomic E-state index is 12.1. The molecule has 90 valence electrons. The summed E-state index contributed by atoms with van der Waals surface area (Å²) in [6.07, 6.45) is 12.2. The van der Waals surface area contributed by atoms with Gasteiger partial charge in [0.25, 0.3) is 0 Å². The van der Waals surface area contributed by atoms with E-state index >= 15 is 0 Å². The van der Waals surface area contributed by atoms with Crippen LogP contribution in [0, 0.1) is 23.2 Å². The van der Waals surface area contributed by atoms with Crippen LogP contribution < -0.4 is 0 Å². The Labute approximate surface area is 99.0 Å². The SMILES string of the molecule is CC(=O)C12CCCCC1C1CCCCC1C2. The average molecular weight is 220 g/mol. The summed E-state index contributed by atoms with van der Waals surface area (Å²) in [6.45, 7) is 1.87. The number of carbonyl (C=O) groups excluding carboxylic acids is 1. The van der Waals surface area contributed by atoms with Crippen molar-refractivity contribution in [3.05, 3.63) is 0 Å². The van der Waals surface area contributed by atoms with Crippen molar-refractivity contribution in [1.82, 2.24) is 0 Å². The lowest BCUT2D eigenvalue weighted by atomic mass is 9.63. The van der Waals surface area contributed by atoms with E-state index in [2.05, 4.69) is 0 Å². The summed E-state index contributed by atoms with van der Waals surface area (Å²) < 4.78 is 0. The fourth-order valence-electron chi connectivity index (χ4n) is 5.21. The van der Waals surface area contributed by atoms with Crippen molar-refractivity contribution >= 4 is 5.78 Å². The van der Waals surface area contributed by atoms with Crippen molar-refractivity contribution in [1.29, 1.82) is 0 Å². The molecular weight excluding hydrogens is 196 g/mol. The van der Waals surface area contributed by atoms with Crippen LogP contribution in [0.15, 0.2) is 0 Å². The molecule has 4 unspecified atom stereocenters. The Balaban J connectivity index is 1.92. The Hall–Kier alpha value is -0.330. The lowest BCUT2D eigenvalue weighted by molar-refractivity contribution is -0.131. The molecule has 0 heterocycles. The second-order valence-electron chi connectivity index (χ2n) is 6.48. The second kappa shape index (κ2) is 3.85. The van der Waals surface area contributed by atoms with Crippen LogP contribution in [-0.2, 0) is 4.79 Å². The lowest BCUT2D eigenvalue weighted by Crippen LogP contribution is -2.37. The third-order valence-electron chi connectivity index (χ3n) is 5.91. The first-order valence-corrected chi connectivity index (χ1v) is 7.25. The number of fused-ring (bicyclic) bond motifs is 3. The van der Waals surface area contributed by atoms with Gasteiger partial charge in [-0.2, -0.15) is 0 Å². The van der Waals surface area contributed by atoms with Crippen molar-refractivity contribution in [3.8, 4) is 0 Å². The Kier molecular flexibility index (Phi) is 2.60. The quantitative estimate of drug-likeness (QED) is 0.653.